The molecule has 1 heterocycles. The first-order valence-electron chi connectivity index (χ1n) is 4.64. The Bertz CT molecular complexity index is 391. The molecule has 1 aromatic heterocycles. The molecule has 0 fully saturated rings. The van der Waals surface area contributed by atoms with Gasteiger partial charge in [0.25, 0.3) is 0 Å². The number of nitrogens with one attached hydrogen (secondary N) is 1. The van der Waals surface area contributed by atoms with Gasteiger partial charge in [-0.25, -0.2) is 13.1 Å². The highest BCUT2D eigenvalue weighted by Gasteiger charge is 2.18. The minimum atomic E-state index is -3.32. The van der Waals surface area contributed by atoms with Gasteiger partial charge in [-0.15, -0.1) is 0 Å². The number of hydrogen-bond donors (Lipinski definition) is 2. The highest BCUT2D eigenvalue weighted by atomic mass is 32.2. The monoisotopic (exact) mass is 229 g/mol. The summed E-state index contributed by atoms with van der Waals surface area (Å²) in [5.74, 6) is 0. The zero-order chi connectivity index (χ0) is 11.3. The van der Waals surface area contributed by atoms with Crippen LogP contribution in [0.5, 0.6) is 0 Å². The molecule has 5 nitrogen and oxygen atoms in total. The van der Waals surface area contributed by atoms with Gasteiger partial charge >= 0.3 is 0 Å². The third kappa shape index (κ3) is 3.58. The summed E-state index contributed by atoms with van der Waals surface area (Å²) >= 11 is 0. The summed E-state index contributed by atoms with van der Waals surface area (Å²) in [7, 11) is -3.32. The lowest BCUT2D eigenvalue weighted by Crippen LogP contribution is -2.36. The Morgan fingerprint density at radius 1 is 1.53 bits per heavy atom. The van der Waals surface area contributed by atoms with Crippen molar-refractivity contribution in [2.45, 2.75) is 18.7 Å². The zero-order valence-corrected chi connectivity index (χ0v) is 9.37. The lowest BCUT2D eigenvalue weighted by atomic mass is 10.4. The molecule has 0 bridgehead atoms. The van der Waals surface area contributed by atoms with Gasteiger partial charge in [-0.2, -0.15) is 0 Å². The third-order valence-electron chi connectivity index (χ3n) is 2.04. The maximum absolute atomic E-state index is 11.5. The molecule has 1 aromatic rings. The highest BCUT2D eigenvalue weighted by molar-refractivity contribution is 7.90. The molecule has 3 N–H and O–H groups in total. The van der Waals surface area contributed by atoms with E-state index in [9.17, 15) is 8.42 Å². The molecule has 0 saturated carbocycles. The summed E-state index contributed by atoms with van der Waals surface area (Å²) < 4.78 is 25.5. The van der Waals surface area contributed by atoms with Gasteiger partial charge in [-0.1, -0.05) is 6.07 Å². The van der Waals surface area contributed by atoms with Crippen molar-refractivity contribution in [2.75, 3.05) is 6.54 Å². The first-order chi connectivity index (χ1) is 7.06. The van der Waals surface area contributed by atoms with Crippen LogP contribution in [0.1, 0.15) is 12.6 Å². The minimum absolute atomic E-state index is 0.109. The van der Waals surface area contributed by atoms with Crippen LogP contribution >= 0.6 is 0 Å². The lowest BCUT2D eigenvalue weighted by Gasteiger charge is -2.11. The Labute approximate surface area is 89.8 Å². The van der Waals surface area contributed by atoms with E-state index in [4.69, 9.17) is 5.73 Å². The summed E-state index contributed by atoms with van der Waals surface area (Å²) in [5, 5.41) is -0.582. The van der Waals surface area contributed by atoms with Crippen LogP contribution in [0.2, 0.25) is 0 Å². The van der Waals surface area contributed by atoms with Crippen molar-refractivity contribution in [2.24, 2.45) is 5.73 Å². The molecule has 0 aromatic carbocycles. The highest BCUT2D eigenvalue weighted by Crippen LogP contribution is 1.99. The molecule has 0 amide bonds. The van der Waals surface area contributed by atoms with Crippen molar-refractivity contribution in [3.05, 3.63) is 30.1 Å². The number of aromatic nitrogens is 1. The number of pyridine rings is 1. The average Bonchev–Trinajstić information content (AvgIpc) is 2.27. The van der Waals surface area contributed by atoms with Crippen LogP contribution in [0, 0.1) is 0 Å². The molecule has 6 heteroatoms. The van der Waals surface area contributed by atoms with Gasteiger partial charge in [-0.05, 0) is 19.1 Å². The van der Waals surface area contributed by atoms with E-state index < -0.39 is 15.3 Å². The van der Waals surface area contributed by atoms with E-state index in [2.05, 4.69) is 9.71 Å². The molecule has 1 rings (SSSR count). The van der Waals surface area contributed by atoms with Gasteiger partial charge in [0.05, 0.1) is 17.5 Å². The normalized spacial score (nSPS) is 13.7. The summed E-state index contributed by atoms with van der Waals surface area (Å²) in [6, 6.07) is 5.35. The summed E-state index contributed by atoms with van der Waals surface area (Å²) in [4.78, 5) is 4.01. The fourth-order valence-electron chi connectivity index (χ4n) is 0.946. The molecule has 1 atom stereocenters. The van der Waals surface area contributed by atoms with Gasteiger partial charge in [-0.3, -0.25) is 4.98 Å². The van der Waals surface area contributed by atoms with E-state index in [0.717, 1.165) is 0 Å². The molecular formula is C9H15N3O2S. The van der Waals surface area contributed by atoms with Gasteiger partial charge in [0, 0.05) is 12.7 Å². The number of hydrogen-bond acceptors (Lipinski definition) is 4. The first kappa shape index (κ1) is 12.1. The summed E-state index contributed by atoms with van der Waals surface area (Å²) in [6.45, 7) is 1.88. The Balaban J connectivity index is 2.58. The van der Waals surface area contributed by atoms with Crippen molar-refractivity contribution in [1.29, 1.82) is 0 Å². The Hall–Kier alpha value is -0.980. The average molecular weight is 229 g/mol. The number of sulfonamides is 1. The molecular weight excluding hydrogens is 214 g/mol. The summed E-state index contributed by atoms with van der Waals surface area (Å²) in [6.07, 6.45) is 1.62. The molecule has 1 unspecified atom stereocenters. The predicted octanol–water partition coefficient (Wildman–Crippen LogP) is -0.152. The van der Waals surface area contributed by atoms with Gasteiger partial charge < -0.3 is 5.73 Å². The van der Waals surface area contributed by atoms with Crippen molar-refractivity contribution < 1.29 is 8.42 Å². The van der Waals surface area contributed by atoms with E-state index in [1.54, 1.807) is 25.3 Å². The van der Waals surface area contributed by atoms with Crippen LogP contribution < -0.4 is 10.5 Å². The van der Waals surface area contributed by atoms with Gasteiger partial charge in [0.15, 0.2) is 0 Å². The Morgan fingerprint density at radius 3 is 2.80 bits per heavy atom. The lowest BCUT2D eigenvalue weighted by molar-refractivity contribution is 0.568. The van der Waals surface area contributed by atoms with Crippen molar-refractivity contribution in [3.8, 4) is 0 Å². The van der Waals surface area contributed by atoms with Crippen molar-refractivity contribution in [1.82, 2.24) is 9.71 Å². The second-order valence-corrected chi connectivity index (χ2v) is 5.42. The predicted molar refractivity (Wildman–Crippen MR) is 58.5 cm³/mol. The fourth-order valence-corrected chi connectivity index (χ4v) is 1.83. The largest absolute Gasteiger partial charge is 0.329 e. The topological polar surface area (TPSA) is 85.1 Å². The number of nitrogens with two attached hydrogens (primary N) is 1. The van der Waals surface area contributed by atoms with Gasteiger partial charge in [0.1, 0.15) is 0 Å². The zero-order valence-electron chi connectivity index (χ0n) is 8.55. The van der Waals surface area contributed by atoms with Gasteiger partial charge in [0.2, 0.25) is 10.0 Å². The van der Waals surface area contributed by atoms with E-state index in [0.29, 0.717) is 5.69 Å². The minimum Gasteiger partial charge on any atom is -0.329 e. The number of nitrogens with zero attached hydrogens (tertiary/aromatic N) is 1. The number of rotatable bonds is 5. The fraction of sp³-hybridized carbons (Fsp3) is 0.444. The molecule has 0 radical (unpaired) electrons. The first-order valence-corrected chi connectivity index (χ1v) is 6.19. The van der Waals surface area contributed by atoms with Crippen LogP contribution in [0.15, 0.2) is 24.4 Å². The van der Waals surface area contributed by atoms with Crippen LogP contribution in [-0.4, -0.2) is 25.2 Å². The molecule has 0 saturated heterocycles. The van der Waals surface area contributed by atoms with Crippen LogP contribution in [-0.2, 0) is 16.6 Å². The Morgan fingerprint density at radius 2 is 2.27 bits per heavy atom. The maximum Gasteiger partial charge on any atom is 0.215 e. The summed E-state index contributed by atoms with van der Waals surface area (Å²) in [5.41, 5.74) is 5.98. The van der Waals surface area contributed by atoms with Crippen LogP contribution in [0.3, 0.4) is 0 Å². The van der Waals surface area contributed by atoms with Crippen molar-refractivity contribution >= 4 is 10.0 Å². The molecule has 84 valence electrons. The smallest absolute Gasteiger partial charge is 0.215 e. The maximum atomic E-state index is 11.5. The van der Waals surface area contributed by atoms with E-state index >= 15 is 0 Å². The quantitative estimate of drug-likeness (QED) is 0.735. The molecule has 0 aliphatic rings. The van der Waals surface area contributed by atoms with Crippen LogP contribution in [0.4, 0.5) is 0 Å². The SMILES string of the molecule is CC(CN)S(=O)(=O)NCc1ccccn1. The van der Waals surface area contributed by atoms with E-state index in [1.807, 2.05) is 6.07 Å². The van der Waals surface area contributed by atoms with Crippen LogP contribution in [0.25, 0.3) is 0 Å². The second-order valence-electron chi connectivity index (χ2n) is 3.23. The van der Waals surface area contributed by atoms with E-state index in [-0.39, 0.29) is 13.1 Å². The van der Waals surface area contributed by atoms with Crippen molar-refractivity contribution in [3.63, 3.8) is 0 Å². The second kappa shape index (κ2) is 5.20. The standard InChI is InChI=1S/C9H15N3O2S/c1-8(6-10)15(13,14)12-7-9-4-2-3-5-11-9/h2-5,8,12H,6-7,10H2,1H3. The molecule has 15 heavy (non-hydrogen) atoms. The molecule has 0 aliphatic carbocycles. The Kier molecular flexibility index (Phi) is 4.19. The molecule has 0 aliphatic heterocycles. The third-order valence-corrected chi connectivity index (χ3v) is 3.84. The van der Waals surface area contributed by atoms with E-state index in [1.165, 1.54) is 0 Å². The molecule has 0 spiro atoms.